The molecule has 0 aliphatic rings. The number of allylic oxidation sites excluding steroid dienone is 3. The number of carbonyl (C=O) groups excluding carboxylic acids is 1. The Morgan fingerprint density at radius 3 is 2.24 bits per heavy atom. The zero-order valence-corrected chi connectivity index (χ0v) is 12.6. The Labute approximate surface area is 129 Å². The Morgan fingerprint density at radius 2 is 1.67 bits per heavy atom. The summed E-state index contributed by atoms with van der Waals surface area (Å²) >= 11 is 1.66. The molecule has 0 N–H and O–H groups in total. The van der Waals surface area contributed by atoms with Crippen molar-refractivity contribution in [2.45, 2.75) is 9.79 Å². The van der Waals surface area contributed by atoms with Gasteiger partial charge in [-0.2, -0.15) is 0 Å². The van der Waals surface area contributed by atoms with Gasteiger partial charge in [-0.15, -0.1) is 0 Å². The second-order valence-corrected chi connectivity index (χ2v) is 5.39. The first-order valence-electron chi connectivity index (χ1n) is 6.49. The molecule has 2 aromatic carbocycles. The van der Waals surface area contributed by atoms with Gasteiger partial charge >= 0.3 is 0 Å². The first-order chi connectivity index (χ1) is 10.2. The van der Waals surface area contributed by atoms with E-state index in [1.165, 1.54) is 18.1 Å². The van der Waals surface area contributed by atoms with Gasteiger partial charge in [-0.1, -0.05) is 42.6 Å². The molecule has 2 aromatic rings. The molecule has 0 spiro atoms. The number of rotatable bonds is 6. The van der Waals surface area contributed by atoms with E-state index in [-0.39, 0.29) is 11.5 Å². The van der Waals surface area contributed by atoms with Crippen molar-refractivity contribution < 1.29 is 9.53 Å². The minimum atomic E-state index is -0.145. The van der Waals surface area contributed by atoms with E-state index in [0.29, 0.717) is 5.56 Å². The van der Waals surface area contributed by atoms with E-state index in [1.54, 1.807) is 17.8 Å². The molecule has 0 saturated heterocycles. The van der Waals surface area contributed by atoms with Gasteiger partial charge in [0, 0.05) is 15.4 Å². The topological polar surface area (TPSA) is 26.3 Å². The van der Waals surface area contributed by atoms with Crippen molar-refractivity contribution in [2.75, 3.05) is 7.11 Å². The largest absolute Gasteiger partial charge is 0.493 e. The maximum atomic E-state index is 12.2. The van der Waals surface area contributed by atoms with Crippen molar-refractivity contribution in [3.8, 4) is 0 Å². The van der Waals surface area contributed by atoms with Crippen LogP contribution in [0.25, 0.3) is 0 Å². The highest BCUT2D eigenvalue weighted by Crippen LogP contribution is 2.27. The lowest BCUT2D eigenvalue weighted by Crippen LogP contribution is -2.04. The van der Waals surface area contributed by atoms with Crippen molar-refractivity contribution in [2.24, 2.45) is 0 Å². The number of ether oxygens (including phenoxy) is 1. The lowest BCUT2D eigenvalue weighted by atomic mass is 10.1. The molecule has 0 unspecified atom stereocenters. The molecule has 2 nitrogen and oxygen atoms in total. The Hall–Kier alpha value is -2.26. The molecule has 0 aliphatic heterocycles. The number of carbonyl (C=O) groups is 1. The highest BCUT2D eigenvalue weighted by atomic mass is 32.2. The lowest BCUT2D eigenvalue weighted by Gasteiger charge is -2.06. The Kier molecular flexibility index (Phi) is 5.41. The minimum Gasteiger partial charge on any atom is -0.493 e. The number of Topliss-reactive ketones (excluding diaryl/α,β-unsaturated/α-hetero) is 1. The molecule has 0 aliphatic carbocycles. The van der Waals surface area contributed by atoms with E-state index in [2.05, 4.69) is 18.7 Å². The van der Waals surface area contributed by atoms with Crippen LogP contribution in [0.3, 0.4) is 0 Å². The Balaban J connectivity index is 2.13. The van der Waals surface area contributed by atoms with Gasteiger partial charge in [0.25, 0.3) is 0 Å². The molecule has 3 heteroatoms. The number of ketones is 1. The van der Waals surface area contributed by atoms with Crippen LogP contribution in [-0.2, 0) is 4.74 Å². The molecule has 21 heavy (non-hydrogen) atoms. The van der Waals surface area contributed by atoms with Crippen molar-refractivity contribution in [3.63, 3.8) is 0 Å². The maximum Gasteiger partial charge on any atom is 0.227 e. The fraction of sp³-hybridized carbons (Fsp3) is 0.0556. The summed E-state index contributed by atoms with van der Waals surface area (Å²) in [4.78, 5) is 14.4. The minimum absolute atomic E-state index is 0.145. The summed E-state index contributed by atoms with van der Waals surface area (Å²) < 4.78 is 5.07. The fourth-order valence-electron chi connectivity index (χ4n) is 1.78. The monoisotopic (exact) mass is 296 g/mol. The van der Waals surface area contributed by atoms with Crippen molar-refractivity contribution in [1.82, 2.24) is 0 Å². The van der Waals surface area contributed by atoms with Gasteiger partial charge in [0.1, 0.15) is 0 Å². The van der Waals surface area contributed by atoms with Crippen LogP contribution in [0.2, 0.25) is 0 Å². The molecule has 0 heterocycles. The first kappa shape index (κ1) is 15.1. The maximum absolute atomic E-state index is 12.2. The van der Waals surface area contributed by atoms with Gasteiger partial charge in [0.05, 0.1) is 7.11 Å². The van der Waals surface area contributed by atoms with Crippen LogP contribution in [0, 0.1) is 0 Å². The van der Waals surface area contributed by atoms with Gasteiger partial charge in [0.15, 0.2) is 5.76 Å². The zero-order chi connectivity index (χ0) is 15.1. The summed E-state index contributed by atoms with van der Waals surface area (Å²) in [6, 6.07) is 17.6. The zero-order valence-electron chi connectivity index (χ0n) is 11.8. The summed E-state index contributed by atoms with van der Waals surface area (Å²) in [5.74, 6) is 0.141. The van der Waals surface area contributed by atoms with E-state index in [0.717, 1.165) is 4.90 Å². The van der Waals surface area contributed by atoms with Gasteiger partial charge in [-0.3, -0.25) is 4.79 Å². The number of methoxy groups -OCH3 is 1. The number of hydrogen-bond donors (Lipinski definition) is 0. The third kappa shape index (κ3) is 4.10. The van der Waals surface area contributed by atoms with E-state index in [4.69, 9.17) is 4.74 Å². The van der Waals surface area contributed by atoms with Crippen LogP contribution in [0.5, 0.6) is 0 Å². The normalized spacial score (nSPS) is 11.0. The van der Waals surface area contributed by atoms with Gasteiger partial charge < -0.3 is 4.74 Å². The highest BCUT2D eigenvalue weighted by molar-refractivity contribution is 7.99. The summed E-state index contributed by atoms with van der Waals surface area (Å²) in [5, 5.41) is 0. The molecule has 2 rings (SSSR count). The second kappa shape index (κ2) is 7.50. The third-order valence-electron chi connectivity index (χ3n) is 2.81. The van der Waals surface area contributed by atoms with Crippen LogP contribution < -0.4 is 0 Å². The van der Waals surface area contributed by atoms with E-state index in [1.807, 2.05) is 42.5 Å². The van der Waals surface area contributed by atoms with Crippen molar-refractivity contribution >= 4 is 17.5 Å². The highest BCUT2D eigenvalue weighted by Gasteiger charge is 2.11. The fourth-order valence-corrected chi connectivity index (χ4v) is 2.62. The second-order valence-electron chi connectivity index (χ2n) is 4.24. The van der Waals surface area contributed by atoms with E-state index < -0.39 is 0 Å². The summed E-state index contributed by atoms with van der Waals surface area (Å²) in [6.45, 7) is 3.57. The average molecular weight is 296 g/mol. The standard InChI is InChI=1S/C18H16O2S/c1-3-7-17(20-2)18(19)14-10-12-16(13-11-14)21-15-8-5-4-6-9-15/h3-13H,1H2,2H3/b17-7-. The predicted octanol–water partition coefficient (Wildman–Crippen LogP) is 4.74. The predicted molar refractivity (Wildman–Crippen MR) is 86.6 cm³/mol. The number of benzene rings is 2. The van der Waals surface area contributed by atoms with Gasteiger partial charge in [0.2, 0.25) is 5.78 Å². The molecular formula is C18H16O2S. The van der Waals surface area contributed by atoms with E-state index in [9.17, 15) is 4.79 Å². The molecule has 0 amide bonds. The van der Waals surface area contributed by atoms with Crippen LogP contribution in [0.4, 0.5) is 0 Å². The van der Waals surface area contributed by atoms with E-state index >= 15 is 0 Å². The number of hydrogen-bond acceptors (Lipinski definition) is 3. The Bertz CT molecular complexity index is 643. The third-order valence-corrected chi connectivity index (χ3v) is 3.82. The van der Waals surface area contributed by atoms with Crippen LogP contribution in [0.1, 0.15) is 10.4 Å². The molecule has 106 valence electrons. The molecule has 0 aromatic heterocycles. The molecular weight excluding hydrogens is 280 g/mol. The van der Waals surface area contributed by atoms with Crippen molar-refractivity contribution in [1.29, 1.82) is 0 Å². The first-order valence-corrected chi connectivity index (χ1v) is 7.30. The molecule has 0 bridgehead atoms. The van der Waals surface area contributed by atoms with Gasteiger partial charge in [-0.05, 0) is 42.5 Å². The smallest absolute Gasteiger partial charge is 0.227 e. The molecule has 0 saturated carbocycles. The Morgan fingerprint density at radius 1 is 1.05 bits per heavy atom. The lowest BCUT2D eigenvalue weighted by molar-refractivity contribution is 0.0953. The molecule has 0 fully saturated rings. The van der Waals surface area contributed by atoms with Gasteiger partial charge in [-0.25, -0.2) is 0 Å². The SMILES string of the molecule is C=C/C=C(\OC)C(=O)c1ccc(Sc2ccccc2)cc1. The molecule has 0 radical (unpaired) electrons. The van der Waals surface area contributed by atoms with Crippen LogP contribution in [-0.4, -0.2) is 12.9 Å². The summed E-state index contributed by atoms with van der Waals surface area (Å²) in [7, 11) is 1.48. The van der Waals surface area contributed by atoms with Crippen LogP contribution in [0.15, 0.2) is 88.9 Å². The molecule has 0 atom stereocenters. The summed E-state index contributed by atoms with van der Waals surface area (Å²) in [5.41, 5.74) is 0.599. The quantitative estimate of drug-likeness (QED) is 0.333. The van der Waals surface area contributed by atoms with Crippen molar-refractivity contribution in [3.05, 3.63) is 84.7 Å². The summed E-state index contributed by atoms with van der Waals surface area (Å²) in [6.07, 6.45) is 3.10. The van der Waals surface area contributed by atoms with Crippen LogP contribution >= 0.6 is 11.8 Å². The average Bonchev–Trinajstić information content (AvgIpc) is 2.54.